The van der Waals surface area contributed by atoms with Gasteiger partial charge in [0.1, 0.15) is 5.75 Å². The van der Waals surface area contributed by atoms with Crippen LogP contribution in [0.25, 0.3) is 0 Å². The Morgan fingerprint density at radius 1 is 1.43 bits per heavy atom. The molecule has 1 unspecified atom stereocenters. The van der Waals surface area contributed by atoms with Crippen molar-refractivity contribution in [2.24, 2.45) is 0 Å². The highest BCUT2D eigenvalue weighted by molar-refractivity contribution is 6.31. The number of nitrogens with one attached hydrogen (secondary N) is 1. The van der Waals surface area contributed by atoms with Crippen LogP contribution in [0.1, 0.15) is 24.3 Å². The SMILES string of the molecule is Oc1cccc(Cl)c1C1CCCNC1. The van der Waals surface area contributed by atoms with E-state index in [-0.39, 0.29) is 0 Å². The van der Waals surface area contributed by atoms with Crippen molar-refractivity contribution >= 4 is 11.6 Å². The van der Waals surface area contributed by atoms with E-state index < -0.39 is 0 Å². The van der Waals surface area contributed by atoms with E-state index in [9.17, 15) is 5.11 Å². The second-order valence-electron chi connectivity index (χ2n) is 3.72. The summed E-state index contributed by atoms with van der Waals surface area (Å²) in [7, 11) is 0. The Balaban J connectivity index is 2.29. The Labute approximate surface area is 88.9 Å². The van der Waals surface area contributed by atoms with E-state index in [0.717, 1.165) is 31.5 Å². The van der Waals surface area contributed by atoms with Gasteiger partial charge in [0.25, 0.3) is 0 Å². The van der Waals surface area contributed by atoms with Gasteiger partial charge in [0.05, 0.1) is 0 Å². The number of rotatable bonds is 1. The van der Waals surface area contributed by atoms with Crippen LogP contribution in [-0.2, 0) is 0 Å². The molecule has 0 aromatic heterocycles. The maximum atomic E-state index is 9.73. The number of piperidine rings is 1. The third-order valence-corrected chi connectivity index (χ3v) is 3.06. The molecule has 2 nitrogen and oxygen atoms in total. The van der Waals surface area contributed by atoms with Gasteiger partial charge < -0.3 is 10.4 Å². The van der Waals surface area contributed by atoms with E-state index in [2.05, 4.69) is 5.32 Å². The fourth-order valence-corrected chi connectivity index (χ4v) is 2.35. The van der Waals surface area contributed by atoms with Gasteiger partial charge >= 0.3 is 0 Å². The van der Waals surface area contributed by atoms with Crippen molar-refractivity contribution in [1.82, 2.24) is 5.32 Å². The van der Waals surface area contributed by atoms with Gasteiger partial charge in [-0.05, 0) is 31.5 Å². The van der Waals surface area contributed by atoms with Crippen molar-refractivity contribution in [2.45, 2.75) is 18.8 Å². The van der Waals surface area contributed by atoms with Gasteiger partial charge in [-0.15, -0.1) is 0 Å². The van der Waals surface area contributed by atoms with Gasteiger partial charge in [0.15, 0.2) is 0 Å². The normalized spacial score (nSPS) is 22.2. The fraction of sp³-hybridized carbons (Fsp3) is 0.455. The number of aromatic hydroxyl groups is 1. The molecule has 0 amide bonds. The molecule has 14 heavy (non-hydrogen) atoms. The quantitative estimate of drug-likeness (QED) is 0.748. The first-order chi connectivity index (χ1) is 6.79. The first-order valence-electron chi connectivity index (χ1n) is 4.97. The third-order valence-electron chi connectivity index (χ3n) is 2.74. The van der Waals surface area contributed by atoms with Crippen molar-refractivity contribution in [3.63, 3.8) is 0 Å². The van der Waals surface area contributed by atoms with Crippen molar-refractivity contribution in [3.8, 4) is 5.75 Å². The fourth-order valence-electron chi connectivity index (χ4n) is 2.03. The monoisotopic (exact) mass is 211 g/mol. The summed E-state index contributed by atoms with van der Waals surface area (Å²) in [6.45, 7) is 1.99. The van der Waals surface area contributed by atoms with Gasteiger partial charge in [-0.25, -0.2) is 0 Å². The van der Waals surface area contributed by atoms with Crippen molar-refractivity contribution in [3.05, 3.63) is 28.8 Å². The Morgan fingerprint density at radius 3 is 2.93 bits per heavy atom. The first kappa shape index (κ1) is 9.81. The van der Waals surface area contributed by atoms with Crippen LogP contribution in [0.15, 0.2) is 18.2 Å². The number of hydrogen-bond donors (Lipinski definition) is 2. The molecule has 76 valence electrons. The lowest BCUT2D eigenvalue weighted by atomic mass is 9.91. The maximum Gasteiger partial charge on any atom is 0.120 e. The highest BCUT2D eigenvalue weighted by Gasteiger charge is 2.20. The summed E-state index contributed by atoms with van der Waals surface area (Å²) in [6.07, 6.45) is 2.25. The van der Waals surface area contributed by atoms with E-state index in [0.29, 0.717) is 16.7 Å². The van der Waals surface area contributed by atoms with Gasteiger partial charge in [0, 0.05) is 23.0 Å². The lowest BCUT2D eigenvalue weighted by Crippen LogP contribution is -2.28. The molecular formula is C11H14ClNO. The summed E-state index contributed by atoms with van der Waals surface area (Å²) in [5.41, 5.74) is 0.904. The summed E-state index contributed by atoms with van der Waals surface area (Å²) in [5.74, 6) is 0.684. The molecule has 0 bridgehead atoms. The van der Waals surface area contributed by atoms with Crippen LogP contribution in [0.2, 0.25) is 5.02 Å². The van der Waals surface area contributed by atoms with Crippen molar-refractivity contribution < 1.29 is 5.11 Å². The minimum atomic E-state index is 0.325. The largest absolute Gasteiger partial charge is 0.508 e. The molecule has 1 aromatic carbocycles. The molecule has 3 heteroatoms. The molecule has 2 rings (SSSR count). The van der Waals surface area contributed by atoms with Gasteiger partial charge in [-0.3, -0.25) is 0 Å². The first-order valence-corrected chi connectivity index (χ1v) is 5.35. The Morgan fingerprint density at radius 2 is 2.29 bits per heavy atom. The van der Waals surface area contributed by atoms with Crippen LogP contribution in [0.3, 0.4) is 0 Å². The molecule has 1 fully saturated rings. The predicted molar refractivity (Wildman–Crippen MR) is 58.0 cm³/mol. The molecule has 2 N–H and O–H groups in total. The van der Waals surface area contributed by atoms with Crippen molar-refractivity contribution in [1.29, 1.82) is 0 Å². The molecule has 1 aliphatic rings. The summed E-state index contributed by atoms with van der Waals surface area (Å²) in [4.78, 5) is 0. The zero-order valence-corrected chi connectivity index (χ0v) is 8.72. The highest BCUT2D eigenvalue weighted by Crippen LogP contribution is 2.35. The number of phenols is 1. The van der Waals surface area contributed by atoms with E-state index in [1.165, 1.54) is 0 Å². The standard InChI is InChI=1S/C11H14ClNO/c12-9-4-1-5-10(14)11(9)8-3-2-6-13-7-8/h1,4-5,8,13-14H,2-3,6-7H2. The predicted octanol–water partition coefficient (Wildman–Crippen LogP) is 2.51. The van der Waals surface area contributed by atoms with Crippen LogP contribution >= 0.6 is 11.6 Å². The average molecular weight is 212 g/mol. The van der Waals surface area contributed by atoms with Crippen LogP contribution in [0, 0.1) is 0 Å². The molecular weight excluding hydrogens is 198 g/mol. The topological polar surface area (TPSA) is 32.3 Å². The highest BCUT2D eigenvalue weighted by atomic mass is 35.5. The third kappa shape index (κ3) is 1.86. The second-order valence-corrected chi connectivity index (χ2v) is 4.12. The molecule has 0 radical (unpaired) electrons. The lowest BCUT2D eigenvalue weighted by molar-refractivity contribution is 0.426. The van der Waals surface area contributed by atoms with Gasteiger partial charge in [0.2, 0.25) is 0 Å². The number of phenolic OH excluding ortho intramolecular Hbond substituents is 1. The van der Waals surface area contributed by atoms with E-state index in [4.69, 9.17) is 11.6 Å². The van der Waals surface area contributed by atoms with Crippen LogP contribution in [-0.4, -0.2) is 18.2 Å². The summed E-state index contributed by atoms with van der Waals surface area (Å²) in [6, 6.07) is 5.32. The summed E-state index contributed by atoms with van der Waals surface area (Å²) < 4.78 is 0. The van der Waals surface area contributed by atoms with E-state index in [1.54, 1.807) is 12.1 Å². The minimum absolute atomic E-state index is 0.325. The number of benzene rings is 1. The molecule has 1 aliphatic heterocycles. The van der Waals surface area contributed by atoms with Gasteiger partial charge in [-0.1, -0.05) is 17.7 Å². The van der Waals surface area contributed by atoms with Crippen molar-refractivity contribution in [2.75, 3.05) is 13.1 Å². The molecule has 0 spiro atoms. The number of halogens is 1. The average Bonchev–Trinajstić information content (AvgIpc) is 2.19. The van der Waals surface area contributed by atoms with Gasteiger partial charge in [-0.2, -0.15) is 0 Å². The van der Waals surface area contributed by atoms with E-state index in [1.807, 2.05) is 6.07 Å². The summed E-state index contributed by atoms with van der Waals surface area (Å²) in [5, 5.41) is 13.7. The smallest absolute Gasteiger partial charge is 0.120 e. The molecule has 1 heterocycles. The Bertz CT molecular complexity index is 301. The second kappa shape index (κ2) is 4.20. The van der Waals surface area contributed by atoms with Crippen LogP contribution < -0.4 is 5.32 Å². The maximum absolute atomic E-state index is 9.73. The van der Waals surface area contributed by atoms with Crippen LogP contribution in [0.4, 0.5) is 0 Å². The zero-order chi connectivity index (χ0) is 9.97. The molecule has 0 aliphatic carbocycles. The molecule has 1 atom stereocenters. The Kier molecular flexibility index (Phi) is 2.94. The number of hydrogen-bond acceptors (Lipinski definition) is 2. The molecule has 0 saturated carbocycles. The summed E-state index contributed by atoms with van der Waals surface area (Å²) >= 11 is 6.08. The molecule has 1 saturated heterocycles. The minimum Gasteiger partial charge on any atom is -0.508 e. The Hall–Kier alpha value is -0.730. The molecule has 1 aromatic rings. The lowest BCUT2D eigenvalue weighted by Gasteiger charge is -2.24. The van der Waals surface area contributed by atoms with E-state index >= 15 is 0 Å². The zero-order valence-electron chi connectivity index (χ0n) is 7.96. The van der Waals surface area contributed by atoms with Crippen LogP contribution in [0.5, 0.6) is 5.75 Å².